The number of pyridine rings is 1. The molecule has 4 heterocycles. The summed E-state index contributed by atoms with van der Waals surface area (Å²) in [7, 11) is 0. The average Bonchev–Trinajstić information content (AvgIpc) is 3.23. The largest absolute Gasteiger partial charge is 0.485 e. The number of aromatic nitrogens is 4. The number of aryl methyl sites for hydroxylation is 1. The molecule has 1 N–H and O–H groups in total. The van der Waals surface area contributed by atoms with Gasteiger partial charge in [0.2, 0.25) is 5.91 Å². The van der Waals surface area contributed by atoms with Crippen molar-refractivity contribution in [1.29, 1.82) is 0 Å². The summed E-state index contributed by atoms with van der Waals surface area (Å²) in [5.41, 5.74) is 0.977. The highest BCUT2D eigenvalue weighted by atomic mass is 19.2. The minimum Gasteiger partial charge on any atom is -0.485 e. The van der Waals surface area contributed by atoms with E-state index in [1.54, 1.807) is 49.7 Å². The number of carbonyl (C=O) groups is 1. The molecule has 1 aliphatic heterocycles. The van der Waals surface area contributed by atoms with Gasteiger partial charge in [-0.2, -0.15) is 0 Å². The molecular formula is C23H18F3N5O2. The molecule has 0 spiro atoms. The van der Waals surface area contributed by atoms with Gasteiger partial charge in [-0.15, -0.1) is 0 Å². The number of benzene rings is 1. The first-order valence-corrected chi connectivity index (χ1v) is 10.1. The van der Waals surface area contributed by atoms with Crippen molar-refractivity contribution in [3.05, 3.63) is 70.9 Å². The summed E-state index contributed by atoms with van der Waals surface area (Å²) in [6.07, 6.45) is 3.34. The summed E-state index contributed by atoms with van der Waals surface area (Å²) in [5.74, 6) is -2.49. The number of carbonyl (C=O) groups excluding carboxylic acids is 1. The third kappa shape index (κ3) is 3.21. The van der Waals surface area contributed by atoms with Crippen LogP contribution in [0.2, 0.25) is 0 Å². The van der Waals surface area contributed by atoms with E-state index in [1.165, 1.54) is 0 Å². The van der Waals surface area contributed by atoms with Crippen molar-refractivity contribution in [2.45, 2.75) is 32.8 Å². The number of anilines is 1. The van der Waals surface area contributed by atoms with Crippen molar-refractivity contribution in [3.63, 3.8) is 0 Å². The van der Waals surface area contributed by atoms with Gasteiger partial charge >= 0.3 is 0 Å². The van der Waals surface area contributed by atoms with Crippen LogP contribution in [0.1, 0.15) is 30.7 Å². The van der Waals surface area contributed by atoms with Gasteiger partial charge in [0.15, 0.2) is 28.9 Å². The number of ether oxygens (including phenoxy) is 1. The summed E-state index contributed by atoms with van der Waals surface area (Å²) in [5, 5.41) is 2.78. The van der Waals surface area contributed by atoms with Crippen LogP contribution in [0.3, 0.4) is 0 Å². The number of hydrogen-bond acceptors (Lipinski definition) is 5. The molecule has 0 fully saturated rings. The molecule has 1 aliphatic rings. The smallest absolute Gasteiger partial charge is 0.235 e. The van der Waals surface area contributed by atoms with Gasteiger partial charge in [0.25, 0.3) is 0 Å². The lowest BCUT2D eigenvalue weighted by Gasteiger charge is -2.13. The SMILES string of the molecule is Cc1nc2c(OCc3c(F)ccc(F)c3F)cccn2c1-c1ncc2c(n1)NC(=O)C2(C)C. The number of nitrogens with zero attached hydrogens (tertiary/aromatic N) is 4. The minimum atomic E-state index is -1.29. The number of amides is 1. The second kappa shape index (κ2) is 7.29. The van der Waals surface area contributed by atoms with E-state index in [4.69, 9.17) is 4.74 Å². The van der Waals surface area contributed by atoms with Crippen LogP contribution in [0, 0.1) is 24.4 Å². The normalized spacial score (nSPS) is 14.4. The Morgan fingerprint density at radius 1 is 1.12 bits per heavy atom. The fourth-order valence-electron chi connectivity index (χ4n) is 3.82. The van der Waals surface area contributed by atoms with Gasteiger partial charge < -0.3 is 10.1 Å². The van der Waals surface area contributed by atoms with Gasteiger partial charge in [0.05, 0.1) is 16.7 Å². The molecule has 7 nitrogen and oxygen atoms in total. The summed E-state index contributed by atoms with van der Waals surface area (Å²) in [6, 6.07) is 4.83. The maximum Gasteiger partial charge on any atom is 0.235 e. The summed E-state index contributed by atoms with van der Waals surface area (Å²) in [4.78, 5) is 25.7. The Balaban J connectivity index is 1.54. The molecule has 4 aromatic rings. The Bertz CT molecular complexity index is 1450. The molecule has 0 unspecified atom stereocenters. The topological polar surface area (TPSA) is 81.4 Å². The van der Waals surface area contributed by atoms with Crippen LogP contribution < -0.4 is 10.1 Å². The maximum atomic E-state index is 14.0. The van der Waals surface area contributed by atoms with Gasteiger partial charge in [-0.3, -0.25) is 9.20 Å². The molecule has 0 saturated heterocycles. The molecule has 3 aromatic heterocycles. The van der Waals surface area contributed by atoms with Crippen molar-refractivity contribution in [3.8, 4) is 17.3 Å². The fraction of sp³-hybridized carbons (Fsp3) is 0.217. The van der Waals surface area contributed by atoms with Crippen molar-refractivity contribution in [2.24, 2.45) is 0 Å². The van der Waals surface area contributed by atoms with E-state index in [-0.39, 0.29) is 11.7 Å². The zero-order chi connectivity index (χ0) is 23.5. The van der Waals surface area contributed by atoms with Crippen LogP contribution in [-0.4, -0.2) is 25.3 Å². The van der Waals surface area contributed by atoms with E-state index in [0.29, 0.717) is 34.2 Å². The van der Waals surface area contributed by atoms with Crippen LogP contribution in [0.25, 0.3) is 17.2 Å². The Labute approximate surface area is 186 Å². The first kappa shape index (κ1) is 20.9. The molecule has 0 saturated carbocycles. The maximum absolute atomic E-state index is 14.0. The van der Waals surface area contributed by atoms with Gasteiger partial charge in [0.1, 0.15) is 23.9 Å². The number of nitrogens with one attached hydrogen (secondary N) is 1. The first-order valence-electron chi connectivity index (χ1n) is 10.1. The van der Waals surface area contributed by atoms with Crippen LogP contribution >= 0.6 is 0 Å². The summed E-state index contributed by atoms with van der Waals surface area (Å²) < 4.78 is 48.8. The van der Waals surface area contributed by atoms with Crippen LogP contribution in [0.5, 0.6) is 5.75 Å². The van der Waals surface area contributed by atoms with Crippen molar-refractivity contribution >= 4 is 17.4 Å². The highest BCUT2D eigenvalue weighted by Gasteiger charge is 2.40. The lowest BCUT2D eigenvalue weighted by atomic mass is 9.88. The lowest BCUT2D eigenvalue weighted by molar-refractivity contribution is -0.119. The summed E-state index contributed by atoms with van der Waals surface area (Å²) >= 11 is 0. The first-order chi connectivity index (χ1) is 15.7. The zero-order valence-corrected chi connectivity index (χ0v) is 17.9. The molecule has 33 heavy (non-hydrogen) atoms. The van der Waals surface area contributed by atoms with E-state index < -0.39 is 35.0 Å². The number of halogens is 3. The monoisotopic (exact) mass is 453 g/mol. The van der Waals surface area contributed by atoms with Crippen molar-refractivity contribution < 1.29 is 22.7 Å². The van der Waals surface area contributed by atoms with Gasteiger partial charge in [-0.25, -0.2) is 28.1 Å². The number of hydrogen-bond donors (Lipinski definition) is 1. The molecule has 0 radical (unpaired) electrons. The highest BCUT2D eigenvalue weighted by Crippen LogP contribution is 2.37. The molecule has 0 aliphatic carbocycles. The van der Waals surface area contributed by atoms with E-state index in [9.17, 15) is 18.0 Å². The minimum absolute atomic E-state index is 0.161. The van der Waals surface area contributed by atoms with E-state index in [1.807, 2.05) is 0 Å². The summed E-state index contributed by atoms with van der Waals surface area (Å²) in [6.45, 7) is 4.83. The Morgan fingerprint density at radius 3 is 2.67 bits per heavy atom. The predicted molar refractivity (Wildman–Crippen MR) is 113 cm³/mol. The molecule has 1 amide bonds. The lowest BCUT2D eigenvalue weighted by Crippen LogP contribution is -2.26. The Hall–Kier alpha value is -3.95. The van der Waals surface area contributed by atoms with E-state index in [2.05, 4.69) is 20.3 Å². The Kier molecular flexibility index (Phi) is 4.62. The molecule has 0 atom stereocenters. The quantitative estimate of drug-likeness (QED) is 0.466. The molecule has 5 rings (SSSR count). The van der Waals surface area contributed by atoms with Crippen LogP contribution in [-0.2, 0) is 16.8 Å². The van der Waals surface area contributed by atoms with Crippen LogP contribution in [0.4, 0.5) is 19.0 Å². The standard InChI is InChI=1S/C23H18F3N5O2/c1-11-18(20-27-9-13-19(29-20)30-22(32)23(13,2)3)31-8-4-5-16(21(31)28-11)33-10-12-14(24)6-7-15(25)17(12)26/h4-9H,10H2,1-3H3,(H,27,29,30,32). The van der Waals surface area contributed by atoms with Gasteiger partial charge in [-0.1, -0.05) is 0 Å². The van der Waals surface area contributed by atoms with E-state index in [0.717, 1.165) is 12.1 Å². The number of rotatable bonds is 4. The third-order valence-corrected chi connectivity index (χ3v) is 5.77. The fourth-order valence-corrected chi connectivity index (χ4v) is 3.82. The zero-order valence-electron chi connectivity index (χ0n) is 17.9. The molecule has 0 bridgehead atoms. The van der Waals surface area contributed by atoms with E-state index >= 15 is 0 Å². The van der Waals surface area contributed by atoms with Crippen LogP contribution in [0.15, 0.2) is 36.7 Å². The highest BCUT2D eigenvalue weighted by molar-refractivity contribution is 6.04. The molecule has 1 aromatic carbocycles. The molecule has 10 heteroatoms. The molecular weight excluding hydrogens is 435 g/mol. The Morgan fingerprint density at radius 2 is 1.88 bits per heavy atom. The van der Waals surface area contributed by atoms with Gasteiger partial charge in [-0.05, 0) is 45.0 Å². The average molecular weight is 453 g/mol. The van der Waals surface area contributed by atoms with Crippen molar-refractivity contribution in [2.75, 3.05) is 5.32 Å². The third-order valence-electron chi connectivity index (χ3n) is 5.77. The number of imidazole rings is 1. The van der Waals surface area contributed by atoms with Gasteiger partial charge in [0, 0.05) is 18.0 Å². The number of fused-ring (bicyclic) bond motifs is 2. The molecule has 168 valence electrons. The van der Waals surface area contributed by atoms with Crippen molar-refractivity contribution in [1.82, 2.24) is 19.4 Å². The second-order valence-corrected chi connectivity index (χ2v) is 8.26. The predicted octanol–water partition coefficient (Wildman–Crippen LogP) is 4.33. The second-order valence-electron chi connectivity index (χ2n) is 8.26.